The van der Waals surface area contributed by atoms with E-state index in [1.807, 2.05) is 4.90 Å². The Balaban J connectivity index is 1.16. The van der Waals surface area contributed by atoms with Crippen LogP contribution in [0.2, 0.25) is 5.02 Å². The predicted molar refractivity (Wildman–Crippen MR) is 108 cm³/mol. The van der Waals surface area contributed by atoms with Gasteiger partial charge in [0.25, 0.3) is 0 Å². The van der Waals surface area contributed by atoms with Crippen LogP contribution < -0.4 is 10.2 Å². The highest BCUT2D eigenvalue weighted by molar-refractivity contribution is 6.30. The molecule has 1 aliphatic carbocycles. The maximum atomic E-state index is 12.1. The number of anilines is 1. The monoisotopic (exact) mass is 474 g/mol. The summed E-state index contributed by atoms with van der Waals surface area (Å²) in [6.45, 7) is 1.08. The van der Waals surface area contributed by atoms with E-state index in [0.29, 0.717) is 42.9 Å². The van der Waals surface area contributed by atoms with Gasteiger partial charge in [-0.15, -0.1) is 18.3 Å². The standard InChI is InChI=1S/C20H22ClF3N4O4/c21-13-3-1-12(2-4-13)18-26-27-19(31-18)28-7-5-14(6-8-28)25-17(29)11-30-15-9-16(10-15)32-20(22,23)24/h1-4,14-16H,5-11H2,(H,25,29)/t15-,16-. The predicted octanol–water partition coefficient (Wildman–Crippen LogP) is 3.56. The Labute approximate surface area is 187 Å². The molecule has 0 spiro atoms. The SMILES string of the molecule is O=C(CO[C@H]1C[C@H](OC(F)(F)F)C1)NC1CCN(c2nnc(-c3ccc(Cl)cc3)o2)CC1. The minimum absolute atomic E-state index is 0.0243. The first kappa shape index (κ1) is 22.8. The van der Waals surface area contributed by atoms with Gasteiger partial charge in [0.05, 0.1) is 12.2 Å². The lowest BCUT2D eigenvalue weighted by molar-refractivity contribution is -0.357. The number of amides is 1. The molecule has 2 aromatic rings. The van der Waals surface area contributed by atoms with Gasteiger partial charge in [-0.3, -0.25) is 9.53 Å². The summed E-state index contributed by atoms with van der Waals surface area (Å²) in [5, 5.41) is 11.7. The second kappa shape index (κ2) is 9.63. The molecule has 0 atom stereocenters. The average molecular weight is 475 g/mol. The van der Waals surface area contributed by atoms with E-state index >= 15 is 0 Å². The first-order chi connectivity index (χ1) is 15.2. The molecule has 2 aliphatic rings. The fourth-order valence-electron chi connectivity index (χ4n) is 3.67. The quantitative estimate of drug-likeness (QED) is 0.656. The van der Waals surface area contributed by atoms with Crippen molar-refractivity contribution >= 4 is 23.5 Å². The third kappa shape index (κ3) is 6.11. The van der Waals surface area contributed by atoms with Crippen LogP contribution in [0.15, 0.2) is 28.7 Å². The maximum Gasteiger partial charge on any atom is 0.522 e. The number of alkyl halides is 3. The first-order valence-electron chi connectivity index (χ1n) is 10.2. The second-order valence-corrected chi connectivity index (χ2v) is 8.25. The molecule has 1 aromatic heterocycles. The fourth-order valence-corrected chi connectivity index (χ4v) is 3.80. The van der Waals surface area contributed by atoms with E-state index in [0.717, 1.165) is 5.56 Å². The molecule has 174 valence electrons. The van der Waals surface area contributed by atoms with Crippen LogP contribution >= 0.6 is 11.6 Å². The molecule has 4 rings (SSSR count). The van der Waals surface area contributed by atoms with Crippen LogP contribution in [-0.2, 0) is 14.3 Å². The van der Waals surface area contributed by atoms with Crippen molar-refractivity contribution in [2.24, 2.45) is 0 Å². The molecule has 1 saturated heterocycles. The molecule has 0 bridgehead atoms. The molecular formula is C20H22ClF3N4O4. The topological polar surface area (TPSA) is 89.7 Å². The Hall–Kier alpha value is -2.37. The zero-order chi connectivity index (χ0) is 22.7. The largest absolute Gasteiger partial charge is 0.522 e. The molecular weight excluding hydrogens is 453 g/mol. The summed E-state index contributed by atoms with van der Waals surface area (Å²) in [5.41, 5.74) is 0.776. The van der Waals surface area contributed by atoms with Crippen LogP contribution in [0.4, 0.5) is 19.2 Å². The lowest BCUT2D eigenvalue weighted by Gasteiger charge is -2.35. The average Bonchev–Trinajstić information content (AvgIpc) is 3.20. The van der Waals surface area contributed by atoms with Gasteiger partial charge < -0.3 is 19.4 Å². The van der Waals surface area contributed by atoms with Crippen molar-refractivity contribution in [2.45, 2.75) is 50.3 Å². The molecule has 0 unspecified atom stereocenters. The third-order valence-electron chi connectivity index (χ3n) is 5.44. The minimum atomic E-state index is -4.64. The van der Waals surface area contributed by atoms with Crippen molar-refractivity contribution in [1.29, 1.82) is 0 Å². The maximum absolute atomic E-state index is 12.1. The Bertz CT molecular complexity index is 910. The number of halogens is 4. The van der Waals surface area contributed by atoms with E-state index in [1.54, 1.807) is 24.3 Å². The molecule has 0 radical (unpaired) electrons. The number of nitrogens with zero attached hydrogens (tertiary/aromatic N) is 3. The highest BCUT2D eigenvalue weighted by atomic mass is 35.5. The van der Waals surface area contributed by atoms with E-state index in [9.17, 15) is 18.0 Å². The van der Waals surface area contributed by atoms with Crippen molar-refractivity contribution < 1.29 is 31.9 Å². The van der Waals surface area contributed by atoms with Gasteiger partial charge >= 0.3 is 12.4 Å². The number of hydrogen-bond donors (Lipinski definition) is 1. The lowest BCUT2D eigenvalue weighted by Crippen LogP contribution is -2.47. The molecule has 1 saturated carbocycles. The van der Waals surface area contributed by atoms with E-state index in [-0.39, 0.29) is 37.5 Å². The van der Waals surface area contributed by atoms with Gasteiger partial charge in [-0.1, -0.05) is 16.7 Å². The van der Waals surface area contributed by atoms with Gasteiger partial charge in [-0.05, 0) is 37.1 Å². The molecule has 12 heteroatoms. The Kier molecular flexibility index (Phi) is 6.87. The van der Waals surface area contributed by atoms with Crippen molar-refractivity contribution in [1.82, 2.24) is 15.5 Å². The van der Waals surface area contributed by atoms with Gasteiger partial charge in [0, 0.05) is 42.6 Å². The summed E-state index contributed by atoms with van der Waals surface area (Å²) in [7, 11) is 0. The molecule has 1 aromatic carbocycles. The summed E-state index contributed by atoms with van der Waals surface area (Å²) in [6, 6.07) is 7.50. The number of benzene rings is 1. The van der Waals surface area contributed by atoms with Crippen molar-refractivity contribution in [3.63, 3.8) is 0 Å². The zero-order valence-electron chi connectivity index (χ0n) is 17.0. The van der Waals surface area contributed by atoms with Crippen LogP contribution in [0.3, 0.4) is 0 Å². The highest BCUT2D eigenvalue weighted by Crippen LogP contribution is 2.32. The van der Waals surface area contributed by atoms with Crippen LogP contribution in [-0.4, -0.2) is 60.4 Å². The van der Waals surface area contributed by atoms with E-state index in [2.05, 4.69) is 20.3 Å². The van der Waals surface area contributed by atoms with Crippen LogP contribution in [0, 0.1) is 0 Å². The van der Waals surface area contributed by atoms with Crippen molar-refractivity contribution in [3.8, 4) is 11.5 Å². The fraction of sp³-hybridized carbons (Fsp3) is 0.550. The zero-order valence-corrected chi connectivity index (χ0v) is 17.7. The summed E-state index contributed by atoms with van der Waals surface area (Å²) in [5.74, 6) is 0.120. The number of piperidine rings is 1. The normalized spacial score (nSPS) is 21.9. The Morgan fingerprint density at radius 2 is 1.84 bits per heavy atom. The number of nitrogens with one attached hydrogen (secondary N) is 1. The number of hydrogen-bond acceptors (Lipinski definition) is 7. The molecule has 2 fully saturated rings. The van der Waals surface area contributed by atoms with E-state index in [1.165, 1.54) is 0 Å². The molecule has 1 amide bonds. The van der Waals surface area contributed by atoms with E-state index in [4.69, 9.17) is 20.8 Å². The molecule has 1 N–H and O–H groups in total. The van der Waals surface area contributed by atoms with Crippen LogP contribution in [0.5, 0.6) is 0 Å². The van der Waals surface area contributed by atoms with Crippen LogP contribution in [0.25, 0.3) is 11.5 Å². The number of carbonyl (C=O) groups excluding carboxylic acids is 1. The van der Waals surface area contributed by atoms with Crippen molar-refractivity contribution in [3.05, 3.63) is 29.3 Å². The summed E-state index contributed by atoms with van der Waals surface area (Å²) >= 11 is 5.89. The third-order valence-corrected chi connectivity index (χ3v) is 5.69. The van der Waals surface area contributed by atoms with Crippen molar-refractivity contribution in [2.75, 3.05) is 24.6 Å². The number of rotatable bonds is 7. The number of ether oxygens (including phenoxy) is 2. The minimum Gasteiger partial charge on any atom is -0.403 e. The lowest BCUT2D eigenvalue weighted by atomic mass is 9.92. The van der Waals surface area contributed by atoms with Gasteiger partial charge in [-0.2, -0.15) is 0 Å². The Morgan fingerprint density at radius 3 is 2.50 bits per heavy atom. The molecule has 1 aliphatic heterocycles. The summed E-state index contributed by atoms with van der Waals surface area (Å²) in [6.07, 6.45) is -4.27. The van der Waals surface area contributed by atoms with Gasteiger partial charge in [0.2, 0.25) is 11.8 Å². The van der Waals surface area contributed by atoms with Gasteiger partial charge in [0.1, 0.15) is 6.61 Å². The summed E-state index contributed by atoms with van der Waals surface area (Å²) < 4.78 is 51.3. The molecule has 2 heterocycles. The van der Waals surface area contributed by atoms with E-state index < -0.39 is 12.5 Å². The number of aromatic nitrogens is 2. The molecule has 8 nitrogen and oxygen atoms in total. The van der Waals surface area contributed by atoms with Gasteiger partial charge in [0.15, 0.2) is 0 Å². The van der Waals surface area contributed by atoms with Crippen LogP contribution in [0.1, 0.15) is 25.7 Å². The highest BCUT2D eigenvalue weighted by Gasteiger charge is 2.40. The summed E-state index contributed by atoms with van der Waals surface area (Å²) in [4.78, 5) is 14.0. The second-order valence-electron chi connectivity index (χ2n) is 7.82. The smallest absolute Gasteiger partial charge is 0.403 e. The Morgan fingerprint density at radius 1 is 1.16 bits per heavy atom. The molecule has 32 heavy (non-hydrogen) atoms. The van der Waals surface area contributed by atoms with Gasteiger partial charge in [-0.25, -0.2) is 0 Å². The number of carbonyl (C=O) groups is 1. The first-order valence-corrected chi connectivity index (χ1v) is 10.6.